The van der Waals surface area contributed by atoms with Gasteiger partial charge in [0.05, 0.1) is 4.90 Å². The number of nitrogens with one attached hydrogen (secondary N) is 1. The van der Waals surface area contributed by atoms with Crippen molar-refractivity contribution in [3.05, 3.63) is 59.5 Å². The van der Waals surface area contributed by atoms with Crippen LogP contribution in [-0.2, 0) is 19.6 Å². The van der Waals surface area contributed by atoms with Gasteiger partial charge >= 0.3 is 5.97 Å². The van der Waals surface area contributed by atoms with Gasteiger partial charge in [0.2, 0.25) is 10.0 Å². The molecule has 0 saturated carbocycles. The fourth-order valence-corrected chi connectivity index (χ4v) is 5.32. The Balaban J connectivity index is 1.57. The van der Waals surface area contributed by atoms with Crippen molar-refractivity contribution >= 4 is 49.0 Å². The molecule has 0 unspecified atom stereocenters. The van der Waals surface area contributed by atoms with Gasteiger partial charge in [0.1, 0.15) is 4.88 Å². The molecule has 0 fully saturated rings. The van der Waals surface area contributed by atoms with Crippen LogP contribution in [0.1, 0.15) is 23.5 Å². The highest BCUT2D eigenvalue weighted by Gasteiger charge is 2.21. The number of rotatable bonds is 8. The van der Waals surface area contributed by atoms with Crippen molar-refractivity contribution in [2.75, 3.05) is 25.0 Å². The number of nitrogens with zero attached hydrogens (tertiary/aromatic N) is 1. The minimum atomic E-state index is -3.56. The lowest BCUT2D eigenvalue weighted by molar-refractivity contribution is -0.119. The third-order valence-corrected chi connectivity index (χ3v) is 7.60. The van der Waals surface area contributed by atoms with Crippen molar-refractivity contribution in [1.29, 1.82) is 0 Å². The molecular weight excluding hydrogens is 424 g/mol. The first-order chi connectivity index (χ1) is 14.3. The van der Waals surface area contributed by atoms with E-state index in [0.717, 1.165) is 10.1 Å². The Bertz CT molecular complexity index is 1120. The van der Waals surface area contributed by atoms with Crippen molar-refractivity contribution in [1.82, 2.24) is 4.31 Å². The zero-order valence-electron chi connectivity index (χ0n) is 16.6. The summed E-state index contributed by atoms with van der Waals surface area (Å²) in [6.07, 6.45) is 0. The summed E-state index contributed by atoms with van der Waals surface area (Å²) in [5.74, 6) is -1.07. The second kappa shape index (κ2) is 9.38. The minimum Gasteiger partial charge on any atom is -0.451 e. The van der Waals surface area contributed by atoms with E-state index < -0.39 is 28.5 Å². The molecule has 7 nitrogen and oxygen atoms in total. The highest BCUT2D eigenvalue weighted by Crippen LogP contribution is 2.25. The Kier molecular flexibility index (Phi) is 6.86. The van der Waals surface area contributed by atoms with E-state index >= 15 is 0 Å². The van der Waals surface area contributed by atoms with Crippen LogP contribution in [0.3, 0.4) is 0 Å². The Morgan fingerprint density at radius 1 is 1.03 bits per heavy atom. The zero-order chi connectivity index (χ0) is 21.7. The lowest BCUT2D eigenvalue weighted by Gasteiger charge is -2.18. The molecule has 158 valence electrons. The summed E-state index contributed by atoms with van der Waals surface area (Å²) in [5, 5.41) is 3.53. The third kappa shape index (κ3) is 4.86. The fourth-order valence-electron chi connectivity index (χ4n) is 2.90. The Hall–Kier alpha value is -2.75. The SMILES string of the molecule is CCN(CC)S(=O)(=O)c1ccc(NC(=O)COC(=O)c2cc3ccccc3s2)cc1. The van der Waals surface area contributed by atoms with Crippen LogP contribution in [-0.4, -0.2) is 44.3 Å². The van der Waals surface area contributed by atoms with E-state index in [2.05, 4.69) is 5.32 Å². The molecule has 0 aliphatic carbocycles. The quantitative estimate of drug-likeness (QED) is 0.532. The molecule has 0 bridgehead atoms. The van der Waals surface area contributed by atoms with E-state index in [-0.39, 0.29) is 4.90 Å². The number of carbonyl (C=O) groups is 2. The van der Waals surface area contributed by atoms with E-state index in [0.29, 0.717) is 23.7 Å². The molecule has 0 saturated heterocycles. The van der Waals surface area contributed by atoms with Crippen LogP contribution >= 0.6 is 11.3 Å². The highest BCUT2D eigenvalue weighted by molar-refractivity contribution is 7.89. The number of amides is 1. The molecule has 30 heavy (non-hydrogen) atoms. The lowest BCUT2D eigenvalue weighted by atomic mass is 10.2. The first kappa shape index (κ1) is 21.9. The second-order valence-electron chi connectivity index (χ2n) is 6.39. The first-order valence-corrected chi connectivity index (χ1v) is 11.7. The van der Waals surface area contributed by atoms with E-state index in [4.69, 9.17) is 4.74 Å². The van der Waals surface area contributed by atoms with Crippen LogP contribution in [0.5, 0.6) is 0 Å². The van der Waals surface area contributed by atoms with Gasteiger partial charge in [0.25, 0.3) is 5.91 Å². The predicted octanol–water partition coefficient (Wildman–Crippen LogP) is 3.73. The maximum Gasteiger partial charge on any atom is 0.348 e. The molecule has 3 aromatic rings. The summed E-state index contributed by atoms with van der Waals surface area (Å²) < 4.78 is 32.4. The number of esters is 1. The summed E-state index contributed by atoms with van der Waals surface area (Å²) in [6, 6.07) is 15.2. The van der Waals surface area contributed by atoms with Crippen molar-refractivity contribution < 1.29 is 22.7 Å². The summed E-state index contributed by atoms with van der Waals surface area (Å²) in [7, 11) is -3.56. The topological polar surface area (TPSA) is 92.8 Å². The summed E-state index contributed by atoms with van der Waals surface area (Å²) in [6.45, 7) is 3.86. The average molecular weight is 447 g/mol. The molecule has 1 N–H and O–H groups in total. The molecule has 9 heteroatoms. The molecular formula is C21H22N2O5S2. The summed E-state index contributed by atoms with van der Waals surface area (Å²) >= 11 is 1.30. The number of hydrogen-bond acceptors (Lipinski definition) is 6. The lowest BCUT2D eigenvalue weighted by Crippen LogP contribution is -2.30. The largest absolute Gasteiger partial charge is 0.451 e. The van der Waals surface area contributed by atoms with Crippen LogP contribution in [0.25, 0.3) is 10.1 Å². The highest BCUT2D eigenvalue weighted by atomic mass is 32.2. The molecule has 1 heterocycles. The van der Waals surface area contributed by atoms with Crippen molar-refractivity contribution in [2.45, 2.75) is 18.7 Å². The van der Waals surface area contributed by atoms with E-state index in [1.807, 2.05) is 24.3 Å². The minimum absolute atomic E-state index is 0.153. The van der Waals surface area contributed by atoms with Gasteiger partial charge in [-0.05, 0) is 41.8 Å². The van der Waals surface area contributed by atoms with Crippen molar-refractivity contribution in [3.63, 3.8) is 0 Å². The number of thiophene rings is 1. The second-order valence-corrected chi connectivity index (χ2v) is 9.41. The van der Waals surface area contributed by atoms with Crippen LogP contribution in [0.4, 0.5) is 5.69 Å². The van der Waals surface area contributed by atoms with Gasteiger partial charge < -0.3 is 10.1 Å². The summed E-state index contributed by atoms with van der Waals surface area (Å²) in [5.41, 5.74) is 0.413. The summed E-state index contributed by atoms with van der Waals surface area (Å²) in [4.78, 5) is 24.9. The predicted molar refractivity (Wildman–Crippen MR) is 117 cm³/mol. The Morgan fingerprint density at radius 2 is 1.70 bits per heavy atom. The monoisotopic (exact) mass is 446 g/mol. The zero-order valence-corrected chi connectivity index (χ0v) is 18.3. The molecule has 0 atom stereocenters. The van der Waals surface area contributed by atoms with E-state index in [1.54, 1.807) is 19.9 Å². The maximum atomic E-state index is 12.5. The van der Waals surface area contributed by atoms with Gasteiger partial charge in [-0.1, -0.05) is 32.0 Å². The standard InChI is InChI=1S/C21H22N2O5S2/c1-3-23(4-2)30(26,27)17-11-9-16(10-12-17)22-20(24)14-28-21(25)19-13-15-7-5-6-8-18(15)29-19/h5-13H,3-4,14H2,1-2H3,(H,22,24). The number of anilines is 1. The van der Waals surface area contributed by atoms with Crippen LogP contribution in [0, 0.1) is 0 Å². The molecule has 0 aliphatic heterocycles. The number of benzene rings is 2. The number of sulfonamides is 1. The van der Waals surface area contributed by atoms with Gasteiger partial charge in [-0.2, -0.15) is 4.31 Å². The van der Waals surface area contributed by atoms with Gasteiger partial charge in [-0.15, -0.1) is 11.3 Å². The first-order valence-electron chi connectivity index (χ1n) is 9.41. The average Bonchev–Trinajstić information content (AvgIpc) is 3.17. The molecule has 0 aliphatic rings. The van der Waals surface area contributed by atoms with Crippen molar-refractivity contribution in [2.24, 2.45) is 0 Å². The molecule has 0 radical (unpaired) electrons. The Morgan fingerprint density at radius 3 is 2.33 bits per heavy atom. The molecule has 1 aromatic heterocycles. The third-order valence-electron chi connectivity index (χ3n) is 4.44. The fraction of sp³-hybridized carbons (Fsp3) is 0.238. The number of carbonyl (C=O) groups excluding carboxylic acids is 2. The van der Waals surface area contributed by atoms with Gasteiger partial charge in [0.15, 0.2) is 6.61 Å². The van der Waals surface area contributed by atoms with Crippen molar-refractivity contribution in [3.8, 4) is 0 Å². The molecule has 3 rings (SSSR count). The number of hydrogen-bond donors (Lipinski definition) is 1. The molecule has 0 spiro atoms. The molecule has 1 amide bonds. The van der Waals surface area contributed by atoms with E-state index in [9.17, 15) is 18.0 Å². The maximum absolute atomic E-state index is 12.5. The molecule has 2 aromatic carbocycles. The van der Waals surface area contributed by atoms with E-state index in [1.165, 1.54) is 39.9 Å². The smallest absolute Gasteiger partial charge is 0.348 e. The normalized spacial score (nSPS) is 11.6. The number of ether oxygens (including phenoxy) is 1. The van der Waals surface area contributed by atoms with Gasteiger partial charge in [-0.3, -0.25) is 4.79 Å². The van der Waals surface area contributed by atoms with Crippen LogP contribution < -0.4 is 5.32 Å². The van der Waals surface area contributed by atoms with Gasteiger partial charge in [0, 0.05) is 23.5 Å². The van der Waals surface area contributed by atoms with Crippen LogP contribution in [0.2, 0.25) is 0 Å². The van der Waals surface area contributed by atoms with Crippen LogP contribution in [0.15, 0.2) is 59.5 Å². The Labute approximate surface area is 179 Å². The number of fused-ring (bicyclic) bond motifs is 1. The van der Waals surface area contributed by atoms with Gasteiger partial charge in [-0.25, -0.2) is 13.2 Å².